The van der Waals surface area contributed by atoms with Crippen LogP contribution in [0.2, 0.25) is 0 Å². The molecule has 2 aromatic rings. The first-order valence-corrected chi connectivity index (χ1v) is 9.85. The van der Waals surface area contributed by atoms with Gasteiger partial charge in [-0.1, -0.05) is 12.1 Å². The summed E-state index contributed by atoms with van der Waals surface area (Å²) in [5.41, 5.74) is 2.15. The van der Waals surface area contributed by atoms with Gasteiger partial charge in [0.15, 0.2) is 0 Å². The molecule has 1 fully saturated rings. The molecule has 0 N–H and O–H groups in total. The van der Waals surface area contributed by atoms with Crippen LogP contribution in [0, 0.1) is 5.92 Å². The second-order valence-corrected chi connectivity index (χ2v) is 7.68. The molecule has 0 bridgehead atoms. The highest BCUT2D eigenvalue weighted by atomic mass is 16.5. The Labute approximate surface area is 160 Å². The largest absolute Gasteiger partial charge is 0.497 e. The monoisotopic (exact) mass is 368 g/mol. The second kappa shape index (κ2) is 8.13. The number of nitrogens with zero attached hydrogens (tertiary/aromatic N) is 4. The molecule has 1 aromatic carbocycles. The molecule has 1 atom stereocenters. The van der Waals surface area contributed by atoms with Crippen LogP contribution in [0.15, 0.2) is 36.5 Å². The van der Waals surface area contributed by atoms with Crippen LogP contribution in [0.4, 0.5) is 0 Å². The number of aromatic nitrogens is 2. The number of hydrogen-bond donors (Lipinski definition) is 0. The first-order valence-electron chi connectivity index (χ1n) is 9.85. The van der Waals surface area contributed by atoms with Crippen molar-refractivity contribution in [2.24, 2.45) is 5.92 Å². The lowest BCUT2D eigenvalue weighted by atomic mass is 10.1. The van der Waals surface area contributed by atoms with E-state index in [2.05, 4.69) is 14.7 Å². The van der Waals surface area contributed by atoms with E-state index in [4.69, 9.17) is 4.74 Å². The van der Waals surface area contributed by atoms with Crippen molar-refractivity contribution in [3.63, 3.8) is 0 Å². The minimum absolute atomic E-state index is 0.182. The normalized spacial score (nSPS) is 20.3. The average Bonchev–Trinajstić information content (AvgIpc) is 3.31. The molecule has 0 aliphatic carbocycles. The number of rotatable bonds is 5. The van der Waals surface area contributed by atoms with E-state index in [-0.39, 0.29) is 5.91 Å². The fourth-order valence-corrected chi connectivity index (χ4v) is 4.20. The minimum atomic E-state index is 0.182. The predicted molar refractivity (Wildman–Crippen MR) is 104 cm³/mol. The molecule has 1 unspecified atom stereocenters. The van der Waals surface area contributed by atoms with Crippen molar-refractivity contribution in [1.82, 2.24) is 19.6 Å². The maximum atomic E-state index is 13.0. The highest BCUT2D eigenvalue weighted by Crippen LogP contribution is 2.20. The average molecular weight is 368 g/mol. The Hall–Kier alpha value is -2.34. The number of carbonyl (C=O) groups excluding carboxylic acids is 1. The number of methoxy groups -OCH3 is 1. The Bertz CT molecular complexity index is 765. The Morgan fingerprint density at radius 3 is 2.67 bits per heavy atom. The quantitative estimate of drug-likeness (QED) is 0.812. The van der Waals surface area contributed by atoms with Gasteiger partial charge in [0, 0.05) is 31.7 Å². The maximum absolute atomic E-state index is 13.0. The van der Waals surface area contributed by atoms with Crippen molar-refractivity contribution in [3.8, 4) is 5.75 Å². The van der Waals surface area contributed by atoms with Gasteiger partial charge >= 0.3 is 0 Å². The van der Waals surface area contributed by atoms with E-state index < -0.39 is 0 Å². The lowest BCUT2D eigenvalue weighted by Crippen LogP contribution is -2.39. The number of hydrogen-bond acceptors (Lipinski definition) is 4. The van der Waals surface area contributed by atoms with Crippen LogP contribution >= 0.6 is 0 Å². The van der Waals surface area contributed by atoms with Crippen LogP contribution in [0.5, 0.6) is 5.75 Å². The van der Waals surface area contributed by atoms with Crippen LogP contribution in [-0.4, -0.2) is 58.8 Å². The summed E-state index contributed by atoms with van der Waals surface area (Å²) >= 11 is 0. The molecular formula is C21H28N4O2. The fourth-order valence-electron chi connectivity index (χ4n) is 4.20. The summed E-state index contributed by atoms with van der Waals surface area (Å²) in [6.45, 7) is 5.75. The fraction of sp³-hybridized carbons (Fsp3) is 0.524. The molecule has 6 nitrogen and oxygen atoms in total. The van der Waals surface area contributed by atoms with Gasteiger partial charge in [0.25, 0.3) is 0 Å². The van der Waals surface area contributed by atoms with E-state index in [1.807, 2.05) is 41.4 Å². The summed E-state index contributed by atoms with van der Waals surface area (Å²) in [4.78, 5) is 17.6. The van der Waals surface area contributed by atoms with Crippen molar-refractivity contribution < 1.29 is 9.53 Å². The molecule has 1 saturated heterocycles. The Balaban J connectivity index is 1.46. The van der Waals surface area contributed by atoms with Gasteiger partial charge in [-0.25, -0.2) is 0 Å². The lowest BCUT2D eigenvalue weighted by molar-refractivity contribution is -0.131. The maximum Gasteiger partial charge on any atom is 0.227 e. The molecule has 6 heteroatoms. The summed E-state index contributed by atoms with van der Waals surface area (Å²) in [5, 5.41) is 4.48. The van der Waals surface area contributed by atoms with Gasteiger partial charge in [0.1, 0.15) is 5.75 Å². The molecule has 2 aliphatic heterocycles. The summed E-state index contributed by atoms with van der Waals surface area (Å²) in [7, 11) is 1.65. The molecule has 0 radical (unpaired) electrons. The zero-order chi connectivity index (χ0) is 18.6. The molecule has 0 spiro atoms. The number of ether oxygens (including phenoxy) is 1. The van der Waals surface area contributed by atoms with Crippen molar-refractivity contribution in [2.75, 3.05) is 33.3 Å². The van der Waals surface area contributed by atoms with Crippen LogP contribution in [0.1, 0.15) is 24.1 Å². The Morgan fingerprint density at radius 2 is 1.93 bits per heavy atom. The molecule has 27 heavy (non-hydrogen) atoms. The third-order valence-electron chi connectivity index (χ3n) is 5.65. The number of fused-ring (bicyclic) bond motifs is 1. The molecule has 1 aromatic heterocycles. The smallest absolute Gasteiger partial charge is 0.227 e. The predicted octanol–water partition coefficient (Wildman–Crippen LogP) is 2.19. The summed E-state index contributed by atoms with van der Waals surface area (Å²) in [6, 6.07) is 9.81. The SMILES string of the molecule is COc1ccc(CC(=O)N2Cc3ccnn3CC(CN3CCCC3)C2)cc1. The van der Waals surface area contributed by atoms with Gasteiger partial charge < -0.3 is 14.5 Å². The summed E-state index contributed by atoms with van der Waals surface area (Å²) < 4.78 is 7.29. The van der Waals surface area contributed by atoms with Gasteiger partial charge in [0.2, 0.25) is 5.91 Å². The number of amides is 1. The van der Waals surface area contributed by atoms with Crippen molar-refractivity contribution >= 4 is 5.91 Å². The molecule has 0 saturated carbocycles. The van der Waals surface area contributed by atoms with Crippen LogP contribution < -0.4 is 4.74 Å². The van der Waals surface area contributed by atoms with E-state index in [1.165, 1.54) is 25.9 Å². The standard InChI is InChI=1S/C21H28N4O2/c1-27-20-6-4-17(5-7-20)12-21(26)24-14-18(13-23-10-2-3-11-23)15-25-19(16-24)8-9-22-25/h4-9,18H,2-3,10-16H2,1H3. The topological polar surface area (TPSA) is 50.6 Å². The molecule has 3 heterocycles. The zero-order valence-electron chi connectivity index (χ0n) is 16.0. The Morgan fingerprint density at radius 1 is 1.15 bits per heavy atom. The van der Waals surface area contributed by atoms with E-state index in [0.717, 1.165) is 36.6 Å². The van der Waals surface area contributed by atoms with Crippen molar-refractivity contribution in [3.05, 3.63) is 47.8 Å². The first-order chi connectivity index (χ1) is 13.2. The van der Waals surface area contributed by atoms with Gasteiger partial charge in [-0.15, -0.1) is 0 Å². The Kier molecular flexibility index (Phi) is 5.43. The van der Waals surface area contributed by atoms with Gasteiger partial charge in [-0.05, 0) is 49.7 Å². The van der Waals surface area contributed by atoms with Gasteiger partial charge in [0.05, 0.1) is 25.8 Å². The summed E-state index contributed by atoms with van der Waals surface area (Å²) in [5.74, 6) is 1.42. The highest BCUT2D eigenvalue weighted by Gasteiger charge is 2.27. The highest BCUT2D eigenvalue weighted by molar-refractivity contribution is 5.78. The molecule has 2 aliphatic rings. The van der Waals surface area contributed by atoms with E-state index >= 15 is 0 Å². The van der Waals surface area contributed by atoms with Crippen LogP contribution in [0.3, 0.4) is 0 Å². The van der Waals surface area contributed by atoms with Crippen molar-refractivity contribution in [2.45, 2.75) is 32.4 Å². The third-order valence-corrected chi connectivity index (χ3v) is 5.65. The van der Waals surface area contributed by atoms with E-state index in [9.17, 15) is 4.79 Å². The molecule has 4 rings (SSSR count). The number of carbonyl (C=O) groups is 1. The van der Waals surface area contributed by atoms with Gasteiger partial charge in [-0.3, -0.25) is 9.48 Å². The van der Waals surface area contributed by atoms with Crippen LogP contribution in [-0.2, 0) is 24.3 Å². The minimum Gasteiger partial charge on any atom is -0.497 e. The third kappa shape index (κ3) is 4.33. The van der Waals surface area contributed by atoms with Crippen molar-refractivity contribution in [1.29, 1.82) is 0 Å². The molecule has 1 amide bonds. The summed E-state index contributed by atoms with van der Waals surface area (Å²) in [6.07, 6.45) is 4.86. The lowest BCUT2D eigenvalue weighted by Gasteiger charge is -2.27. The number of benzene rings is 1. The first kappa shape index (κ1) is 18.0. The van der Waals surface area contributed by atoms with Gasteiger partial charge in [-0.2, -0.15) is 5.10 Å². The zero-order valence-corrected chi connectivity index (χ0v) is 16.0. The molecule has 144 valence electrons. The van der Waals surface area contributed by atoms with Crippen LogP contribution in [0.25, 0.3) is 0 Å². The van der Waals surface area contributed by atoms with E-state index in [0.29, 0.717) is 18.9 Å². The second-order valence-electron chi connectivity index (χ2n) is 7.68. The van der Waals surface area contributed by atoms with E-state index in [1.54, 1.807) is 7.11 Å². The molecular weight excluding hydrogens is 340 g/mol. The number of likely N-dealkylation sites (tertiary alicyclic amines) is 1.